The molecule has 0 spiro atoms. The van der Waals surface area contributed by atoms with Crippen LogP contribution in [0.1, 0.15) is 50.2 Å². The van der Waals surface area contributed by atoms with Gasteiger partial charge in [0.25, 0.3) is 0 Å². The van der Waals surface area contributed by atoms with Gasteiger partial charge >= 0.3 is 0 Å². The molecule has 0 aliphatic rings. The fourth-order valence-electron chi connectivity index (χ4n) is 2.56. The average molecular weight is 297 g/mol. The van der Waals surface area contributed by atoms with E-state index in [0.29, 0.717) is 6.04 Å². The van der Waals surface area contributed by atoms with E-state index in [1.54, 1.807) is 0 Å². The first-order valence-electron chi connectivity index (χ1n) is 7.92. The van der Waals surface area contributed by atoms with Gasteiger partial charge in [0.1, 0.15) is 0 Å². The first kappa shape index (κ1) is 16.5. The van der Waals surface area contributed by atoms with Crippen LogP contribution in [0.15, 0.2) is 30.3 Å². The van der Waals surface area contributed by atoms with Crippen LogP contribution in [0.5, 0.6) is 0 Å². The fraction of sp³-hybridized carbons (Fsp3) is 0.474. The maximum absolute atomic E-state index is 4.44. The zero-order valence-corrected chi connectivity index (χ0v) is 14.6. The molecule has 1 N–H and O–H groups in total. The van der Waals surface area contributed by atoms with E-state index in [2.05, 4.69) is 67.2 Å². The van der Waals surface area contributed by atoms with Crippen LogP contribution in [0, 0.1) is 13.8 Å². The Balaban J connectivity index is 2.01. The van der Waals surface area contributed by atoms with E-state index in [9.17, 15) is 0 Å². The molecule has 2 aromatic rings. The summed E-state index contributed by atoms with van der Waals surface area (Å²) in [5.74, 6) is 0.719. The number of nitrogens with one attached hydrogen (secondary N) is 1. The Morgan fingerprint density at radius 2 is 1.55 bits per heavy atom. The summed E-state index contributed by atoms with van der Waals surface area (Å²) in [4.78, 5) is 8.88. The molecule has 0 saturated carbocycles. The third-order valence-corrected chi connectivity index (χ3v) is 3.72. The molecule has 0 radical (unpaired) electrons. The third-order valence-electron chi connectivity index (χ3n) is 3.72. The maximum Gasteiger partial charge on any atom is 0.223 e. The van der Waals surface area contributed by atoms with Gasteiger partial charge in [-0.15, -0.1) is 0 Å². The van der Waals surface area contributed by atoms with E-state index in [-0.39, 0.29) is 5.41 Å². The first-order chi connectivity index (χ1) is 10.2. The molecule has 3 nitrogen and oxygen atoms in total. The molecule has 1 atom stereocenters. The smallest absolute Gasteiger partial charge is 0.223 e. The van der Waals surface area contributed by atoms with E-state index in [0.717, 1.165) is 23.8 Å². The standard InChI is InChI=1S/C19H27N3/c1-13-11-14(2)21-18(20-13)22-15(3)12-16-7-9-17(10-8-16)19(4,5)6/h7-11,15H,12H2,1-6H3,(H,20,21,22). The monoisotopic (exact) mass is 297 g/mol. The van der Waals surface area contributed by atoms with Gasteiger partial charge in [0.05, 0.1) is 0 Å². The second kappa shape index (κ2) is 6.47. The van der Waals surface area contributed by atoms with Gasteiger partial charge in [-0.25, -0.2) is 9.97 Å². The lowest BCUT2D eigenvalue weighted by molar-refractivity contribution is 0.590. The summed E-state index contributed by atoms with van der Waals surface area (Å²) < 4.78 is 0. The molecule has 1 aromatic carbocycles. The number of hydrogen-bond donors (Lipinski definition) is 1. The summed E-state index contributed by atoms with van der Waals surface area (Å²) in [5, 5.41) is 3.39. The summed E-state index contributed by atoms with van der Waals surface area (Å²) >= 11 is 0. The molecule has 22 heavy (non-hydrogen) atoms. The Labute approximate surface area is 134 Å². The highest BCUT2D eigenvalue weighted by molar-refractivity contribution is 5.31. The van der Waals surface area contributed by atoms with E-state index < -0.39 is 0 Å². The summed E-state index contributed by atoms with van der Waals surface area (Å²) in [6.45, 7) is 12.9. The van der Waals surface area contributed by atoms with E-state index >= 15 is 0 Å². The van der Waals surface area contributed by atoms with Crippen LogP contribution in [0.2, 0.25) is 0 Å². The van der Waals surface area contributed by atoms with Gasteiger partial charge in [-0.1, -0.05) is 45.0 Å². The van der Waals surface area contributed by atoms with Crippen molar-refractivity contribution < 1.29 is 0 Å². The summed E-state index contributed by atoms with van der Waals surface area (Å²) in [5.41, 5.74) is 4.90. The quantitative estimate of drug-likeness (QED) is 0.907. The number of benzene rings is 1. The van der Waals surface area contributed by atoms with Gasteiger partial charge in [-0.3, -0.25) is 0 Å². The van der Waals surface area contributed by atoms with Gasteiger partial charge in [0, 0.05) is 17.4 Å². The Morgan fingerprint density at radius 1 is 1.00 bits per heavy atom. The minimum atomic E-state index is 0.204. The highest BCUT2D eigenvalue weighted by atomic mass is 15.1. The second-order valence-electron chi connectivity index (χ2n) is 7.17. The van der Waals surface area contributed by atoms with Crippen molar-refractivity contribution in [2.24, 2.45) is 0 Å². The van der Waals surface area contributed by atoms with Crippen LogP contribution in [0.25, 0.3) is 0 Å². The van der Waals surface area contributed by atoms with Crippen LogP contribution >= 0.6 is 0 Å². The van der Waals surface area contributed by atoms with E-state index in [4.69, 9.17) is 0 Å². The van der Waals surface area contributed by atoms with Crippen molar-refractivity contribution >= 4 is 5.95 Å². The lowest BCUT2D eigenvalue weighted by atomic mass is 9.86. The number of rotatable bonds is 4. The highest BCUT2D eigenvalue weighted by Crippen LogP contribution is 2.22. The largest absolute Gasteiger partial charge is 0.351 e. The van der Waals surface area contributed by atoms with Crippen molar-refractivity contribution in [3.05, 3.63) is 52.8 Å². The van der Waals surface area contributed by atoms with Gasteiger partial charge in [-0.2, -0.15) is 0 Å². The Kier molecular flexibility index (Phi) is 4.84. The number of aryl methyl sites for hydroxylation is 2. The van der Waals surface area contributed by atoms with Crippen molar-refractivity contribution in [2.45, 2.75) is 59.4 Å². The molecule has 1 aromatic heterocycles. The number of aromatic nitrogens is 2. The number of hydrogen-bond acceptors (Lipinski definition) is 3. The normalized spacial score (nSPS) is 13.0. The minimum Gasteiger partial charge on any atom is -0.351 e. The van der Waals surface area contributed by atoms with Gasteiger partial charge < -0.3 is 5.32 Å². The molecule has 0 saturated heterocycles. The van der Waals surface area contributed by atoms with Gasteiger partial charge in [-0.05, 0) is 49.8 Å². The number of anilines is 1. The molecular weight excluding hydrogens is 270 g/mol. The minimum absolute atomic E-state index is 0.204. The lowest BCUT2D eigenvalue weighted by Gasteiger charge is -2.20. The lowest BCUT2D eigenvalue weighted by Crippen LogP contribution is -2.20. The predicted molar refractivity (Wildman–Crippen MR) is 93.4 cm³/mol. The molecule has 3 heteroatoms. The van der Waals surface area contributed by atoms with Crippen LogP contribution in [0.3, 0.4) is 0 Å². The molecule has 118 valence electrons. The van der Waals surface area contributed by atoms with Crippen molar-refractivity contribution in [1.82, 2.24) is 9.97 Å². The first-order valence-corrected chi connectivity index (χ1v) is 7.92. The molecule has 1 unspecified atom stereocenters. The van der Waals surface area contributed by atoms with Gasteiger partial charge in [0.15, 0.2) is 0 Å². The Morgan fingerprint density at radius 3 is 2.05 bits per heavy atom. The van der Waals surface area contributed by atoms with Crippen molar-refractivity contribution in [3.8, 4) is 0 Å². The van der Waals surface area contributed by atoms with Crippen LogP contribution < -0.4 is 5.32 Å². The predicted octanol–water partition coefficient (Wildman–Crippen LogP) is 4.43. The molecule has 0 aliphatic carbocycles. The van der Waals surface area contributed by atoms with Crippen molar-refractivity contribution in [3.63, 3.8) is 0 Å². The number of nitrogens with zero attached hydrogens (tertiary/aromatic N) is 2. The Hall–Kier alpha value is -1.90. The second-order valence-corrected chi connectivity index (χ2v) is 7.17. The molecule has 1 heterocycles. The molecule has 0 bridgehead atoms. The van der Waals surface area contributed by atoms with Gasteiger partial charge in [0.2, 0.25) is 5.95 Å². The van der Waals surface area contributed by atoms with Crippen molar-refractivity contribution in [1.29, 1.82) is 0 Å². The summed E-state index contributed by atoms with van der Waals surface area (Å²) in [7, 11) is 0. The highest BCUT2D eigenvalue weighted by Gasteiger charge is 2.13. The maximum atomic E-state index is 4.44. The fourth-order valence-corrected chi connectivity index (χ4v) is 2.56. The molecular formula is C19H27N3. The van der Waals surface area contributed by atoms with E-state index in [1.807, 2.05) is 19.9 Å². The SMILES string of the molecule is Cc1cc(C)nc(NC(C)Cc2ccc(C(C)(C)C)cc2)n1. The zero-order valence-electron chi connectivity index (χ0n) is 14.6. The summed E-state index contributed by atoms with van der Waals surface area (Å²) in [6.07, 6.45) is 0.959. The average Bonchev–Trinajstić information content (AvgIpc) is 2.36. The third kappa shape index (κ3) is 4.55. The van der Waals surface area contributed by atoms with Crippen LogP contribution in [0.4, 0.5) is 5.95 Å². The summed E-state index contributed by atoms with van der Waals surface area (Å²) in [6, 6.07) is 11.2. The van der Waals surface area contributed by atoms with E-state index in [1.165, 1.54) is 11.1 Å². The molecule has 0 amide bonds. The Bertz CT molecular complexity index is 604. The molecule has 2 rings (SSSR count). The zero-order chi connectivity index (χ0) is 16.3. The topological polar surface area (TPSA) is 37.8 Å². The van der Waals surface area contributed by atoms with Crippen LogP contribution in [-0.2, 0) is 11.8 Å². The molecule has 0 aliphatic heterocycles. The van der Waals surface area contributed by atoms with Crippen LogP contribution in [-0.4, -0.2) is 16.0 Å². The van der Waals surface area contributed by atoms with Crippen molar-refractivity contribution in [2.75, 3.05) is 5.32 Å². The molecule has 0 fully saturated rings.